The summed E-state index contributed by atoms with van der Waals surface area (Å²) in [5.41, 5.74) is 1.87. The van der Waals surface area contributed by atoms with Gasteiger partial charge in [-0.3, -0.25) is 19.4 Å². The normalized spacial score (nSPS) is 11.0. The third-order valence-corrected chi connectivity index (χ3v) is 5.96. The van der Waals surface area contributed by atoms with Crippen LogP contribution < -0.4 is 9.64 Å². The maximum Gasteiger partial charge on any atom is 0.278 e. The minimum absolute atomic E-state index is 0.204. The molecule has 7 nitrogen and oxygen atoms in total. The van der Waals surface area contributed by atoms with Gasteiger partial charge in [-0.2, -0.15) is 5.10 Å². The number of thiazole rings is 1. The van der Waals surface area contributed by atoms with Crippen molar-refractivity contribution in [1.82, 2.24) is 19.7 Å². The SMILES string of the molecule is CCn1nccc1C(=O)N(Cc1ccccn1)c1nc2c(OC)ccc(Cl)c2s1. The van der Waals surface area contributed by atoms with Gasteiger partial charge in [-0.25, -0.2) is 4.98 Å². The zero-order valence-electron chi connectivity index (χ0n) is 15.9. The molecule has 0 bridgehead atoms. The maximum atomic E-state index is 13.4. The number of anilines is 1. The van der Waals surface area contributed by atoms with Crippen LogP contribution in [-0.4, -0.2) is 32.8 Å². The van der Waals surface area contributed by atoms with Gasteiger partial charge in [0.2, 0.25) is 0 Å². The van der Waals surface area contributed by atoms with Crippen LogP contribution in [0, 0.1) is 0 Å². The van der Waals surface area contributed by atoms with E-state index in [2.05, 4.69) is 15.1 Å². The highest BCUT2D eigenvalue weighted by Gasteiger charge is 2.26. The number of ether oxygens (including phenoxy) is 1. The smallest absolute Gasteiger partial charge is 0.278 e. The molecule has 0 aliphatic heterocycles. The summed E-state index contributed by atoms with van der Waals surface area (Å²) in [5, 5.41) is 5.30. The van der Waals surface area contributed by atoms with E-state index in [1.54, 1.807) is 47.3 Å². The molecule has 0 saturated heterocycles. The number of carbonyl (C=O) groups excluding carboxylic acids is 1. The fourth-order valence-electron chi connectivity index (χ4n) is 3.01. The molecule has 4 rings (SSSR count). The van der Waals surface area contributed by atoms with Crippen LogP contribution in [0.2, 0.25) is 5.02 Å². The van der Waals surface area contributed by atoms with E-state index in [4.69, 9.17) is 16.3 Å². The molecule has 0 aliphatic rings. The summed E-state index contributed by atoms with van der Waals surface area (Å²) in [6, 6.07) is 10.8. The predicted molar refractivity (Wildman–Crippen MR) is 114 cm³/mol. The van der Waals surface area contributed by atoms with E-state index in [1.165, 1.54) is 11.3 Å². The lowest BCUT2D eigenvalue weighted by Gasteiger charge is -2.19. The number of carbonyl (C=O) groups is 1. The van der Waals surface area contributed by atoms with Crippen LogP contribution in [0.3, 0.4) is 0 Å². The molecular weight excluding hydrogens is 410 g/mol. The van der Waals surface area contributed by atoms with Crippen LogP contribution >= 0.6 is 22.9 Å². The Bertz CT molecular complexity index is 1160. The lowest BCUT2D eigenvalue weighted by Crippen LogP contribution is -2.32. The van der Waals surface area contributed by atoms with Crippen molar-refractivity contribution < 1.29 is 9.53 Å². The molecule has 1 aromatic carbocycles. The van der Waals surface area contributed by atoms with E-state index < -0.39 is 0 Å². The molecule has 0 unspecified atom stereocenters. The highest BCUT2D eigenvalue weighted by Crippen LogP contribution is 2.39. The number of hydrogen-bond donors (Lipinski definition) is 0. The lowest BCUT2D eigenvalue weighted by atomic mass is 10.3. The van der Waals surface area contributed by atoms with E-state index in [9.17, 15) is 4.79 Å². The topological polar surface area (TPSA) is 73.1 Å². The fraction of sp³-hybridized carbons (Fsp3) is 0.200. The number of halogens is 1. The first-order chi connectivity index (χ1) is 14.1. The van der Waals surface area contributed by atoms with Gasteiger partial charge < -0.3 is 4.74 Å². The Kier molecular flexibility index (Phi) is 5.46. The van der Waals surface area contributed by atoms with Crippen molar-refractivity contribution in [1.29, 1.82) is 0 Å². The second-order valence-electron chi connectivity index (χ2n) is 6.17. The number of pyridine rings is 1. The van der Waals surface area contributed by atoms with Crippen LogP contribution in [0.15, 0.2) is 48.8 Å². The average Bonchev–Trinajstić information content (AvgIpc) is 3.40. The van der Waals surface area contributed by atoms with Gasteiger partial charge in [0, 0.05) is 18.9 Å². The Morgan fingerprint density at radius 3 is 2.83 bits per heavy atom. The molecule has 0 saturated carbocycles. The monoisotopic (exact) mass is 427 g/mol. The number of rotatable bonds is 6. The number of aromatic nitrogens is 4. The van der Waals surface area contributed by atoms with Crippen molar-refractivity contribution in [2.45, 2.75) is 20.0 Å². The van der Waals surface area contributed by atoms with Gasteiger partial charge in [-0.1, -0.05) is 29.0 Å². The summed E-state index contributed by atoms with van der Waals surface area (Å²) in [6.07, 6.45) is 3.32. The number of benzene rings is 1. The highest BCUT2D eigenvalue weighted by molar-refractivity contribution is 7.23. The molecule has 0 spiro atoms. The van der Waals surface area contributed by atoms with Gasteiger partial charge >= 0.3 is 0 Å². The molecule has 3 aromatic heterocycles. The summed E-state index contributed by atoms with van der Waals surface area (Å²) in [7, 11) is 1.58. The summed E-state index contributed by atoms with van der Waals surface area (Å²) < 4.78 is 7.85. The minimum Gasteiger partial charge on any atom is -0.494 e. The zero-order valence-corrected chi connectivity index (χ0v) is 17.4. The lowest BCUT2D eigenvalue weighted by molar-refractivity contribution is 0.0974. The second kappa shape index (κ2) is 8.18. The standard InChI is InChI=1S/C20H18ClN5O2S/c1-3-26-15(9-11-23-26)19(27)25(12-13-6-4-5-10-22-13)20-24-17-16(28-2)8-7-14(21)18(17)29-20/h4-11H,3,12H2,1-2H3. The van der Waals surface area contributed by atoms with Crippen LogP contribution in [-0.2, 0) is 13.1 Å². The minimum atomic E-state index is -0.204. The Morgan fingerprint density at radius 2 is 2.10 bits per heavy atom. The number of nitrogens with zero attached hydrogens (tertiary/aromatic N) is 5. The van der Waals surface area contributed by atoms with Crippen LogP contribution in [0.4, 0.5) is 5.13 Å². The van der Waals surface area contributed by atoms with Gasteiger partial charge in [0.1, 0.15) is 17.0 Å². The Hall–Kier alpha value is -2.97. The van der Waals surface area contributed by atoms with Crippen molar-refractivity contribution in [3.05, 3.63) is 65.2 Å². The number of fused-ring (bicyclic) bond motifs is 1. The van der Waals surface area contributed by atoms with Crippen molar-refractivity contribution in [3.63, 3.8) is 0 Å². The number of amides is 1. The number of hydrogen-bond acceptors (Lipinski definition) is 6. The first-order valence-corrected chi connectivity index (χ1v) is 10.2. The molecule has 29 heavy (non-hydrogen) atoms. The molecular formula is C20H18ClN5O2S. The number of methoxy groups -OCH3 is 1. The zero-order chi connectivity index (χ0) is 20.4. The molecule has 0 fully saturated rings. The maximum absolute atomic E-state index is 13.4. The van der Waals surface area contributed by atoms with E-state index in [0.29, 0.717) is 33.7 Å². The molecule has 9 heteroatoms. The molecule has 4 aromatic rings. The predicted octanol–water partition coefficient (Wildman–Crippen LogP) is 4.42. The van der Waals surface area contributed by atoms with Crippen molar-refractivity contribution in [2.75, 3.05) is 12.0 Å². The summed E-state index contributed by atoms with van der Waals surface area (Å²) in [4.78, 5) is 24.1. The first kappa shape index (κ1) is 19.4. The largest absolute Gasteiger partial charge is 0.494 e. The van der Waals surface area contributed by atoms with Gasteiger partial charge in [0.15, 0.2) is 5.13 Å². The van der Waals surface area contributed by atoms with Crippen LogP contribution in [0.25, 0.3) is 10.2 Å². The van der Waals surface area contributed by atoms with Gasteiger partial charge in [-0.05, 0) is 37.3 Å². The Morgan fingerprint density at radius 1 is 1.24 bits per heavy atom. The Labute approximate surface area is 176 Å². The quantitative estimate of drug-likeness (QED) is 0.455. The second-order valence-corrected chi connectivity index (χ2v) is 7.55. The van der Waals surface area contributed by atoms with Gasteiger partial charge in [-0.15, -0.1) is 0 Å². The Balaban J connectivity index is 1.83. The third kappa shape index (κ3) is 3.68. The van der Waals surface area contributed by atoms with E-state index in [-0.39, 0.29) is 12.5 Å². The first-order valence-electron chi connectivity index (χ1n) is 8.99. The van der Waals surface area contributed by atoms with E-state index >= 15 is 0 Å². The number of aryl methyl sites for hydroxylation is 1. The van der Waals surface area contributed by atoms with Crippen LogP contribution in [0.1, 0.15) is 23.1 Å². The van der Waals surface area contributed by atoms with Crippen LogP contribution in [0.5, 0.6) is 5.75 Å². The van der Waals surface area contributed by atoms with Crippen molar-refractivity contribution in [2.24, 2.45) is 0 Å². The highest BCUT2D eigenvalue weighted by atomic mass is 35.5. The van der Waals surface area contributed by atoms with Crippen molar-refractivity contribution >= 4 is 44.2 Å². The molecule has 1 amide bonds. The average molecular weight is 428 g/mol. The van der Waals surface area contributed by atoms with Gasteiger partial charge in [0.05, 0.1) is 29.1 Å². The fourth-order valence-corrected chi connectivity index (χ4v) is 4.26. The summed E-state index contributed by atoms with van der Waals surface area (Å²) >= 11 is 7.72. The summed E-state index contributed by atoms with van der Waals surface area (Å²) in [6.45, 7) is 2.80. The molecule has 0 aliphatic carbocycles. The molecule has 0 radical (unpaired) electrons. The molecule has 148 valence electrons. The molecule has 3 heterocycles. The third-order valence-electron chi connectivity index (χ3n) is 4.42. The van der Waals surface area contributed by atoms with E-state index in [0.717, 1.165) is 10.4 Å². The summed E-state index contributed by atoms with van der Waals surface area (Å²) in [5.74, 6) is 0.403. The van der Waals surface area contributed by atoms with E-state index in [1.807, 2.05) is 25.1 Å². The molecule has 0 N–H and O–H groups in total. The van der Waals surface area contributed by atoms with Gasteiger partial charge in [0.25, 0.3) is 5.91 Å². The van der Waals surface area contributed by atoms with Crippen molar-refractivity contribution in [3.8, 4) is 5.75 Å². The molecule has 0 atom stereocenters.